The third kappa shape index (κ3) is 3.76. The van der Waals surface area contributed by atoms with Gasteiger partial charge >= 0.3 is 0 Å². The van der Waals surface area contributed by atoms with Crippen molar-refractivity contribution < 1.29 is 5.11 Å². The molecule has 0 aliphatic rings. The van der Waals surface area contributed by atoms with Crippen molar-refractivity contribution in [3.05, 3.63) is 103 Å². The number of aromatic nitrogens is 2. The van der Waals surface area contributed by atoms with Gasteiger partial charge in [-0.1, -0.05) is 108 Å². The molecule has 0 unspecified atom stereocenters. The standard InChI is InChI=1S/C35H30B4N2O/c1-2-27-40-25-17-9-10-18-26(25)41(27)34-23-15-7-5-13-21(23)28(22-14-6-8-16-24(22)34)19-11-3-4-12-20(19)29-30(36)32(38)33(39)35(42)31(29)37/h3-18,42H,2,36-39H2,1H3. The average Bonchev–Trinajstić information content (AvgIpc) is 3.40. The molecule has 0 radical (unpaired) electrons. The lowest BCUT2D eigenvalue weighted by molar-refractivity contribution is 0.484. The van der Waals surface area contributed by atoms with Gasteiger partial charge in [0.2, 0.25) is 0 Å². The van der Waals surface area contributed by atoms with Crippen molar-refractivity contribution in [3.8, 4) is 33.7 Å². The van der Waals surface area contributed by atoms with Crippen LogP contribution in [0.4, 0.5) is 0 Å². The first kappa shape index (κ1) is 26.3. The van der Waals surface area contributed by atoms with Crippen LogP contribution in [0.15, 0.2) is 97.1 Å². The van der Waals surface area contributed by atoms with Gasteiger partial charge in [-0.25, -0.2) is 4.98 Å². The lowest BCUT2D eigenvalue weighted by Gasteiger charge is -2.23. The van der Waals surface area contributed by atoms with E-state index >= 15 is 0 Å². The Kier molecular flexibility index (Phi) is 6.27. The van der Waals surface area contributed by atoms with Crippen LogP contribution >= 0.6 is 0 Å². The number of rotatable bonds is 4. The fourth-order valence-electron chi connectivity index (χ4n) is 6.85. The first-order chi connectivity index (χ1) is 20.4. The Morgan fingerprint density at radius 2 is 1.12 bits per heavy atom. The highest BCUT2D eigenvalue weighted by atomic mass is 16.3. The molecule has 0 fully saturated rings. The van der Waals surface area contributed by atoms with Gasteiger partial charge in [0.25, 0.3) is 0 Å². The Balaban J connectivity index is 1.65. The van der Waals surface area contributed by atoms with E-state index in [0.29, 0.717) is 5.75 Å². The Morgan fingerprint density at radius 1 is 0.595 bits per heavy atom. The molecule has 0 spiro atoms. The summed E-state index contributed by atoms with van der Waals surface area (Å²) in [5, 5.41) is 15.9. The predicted molar refractivity (Wildman–Crippen MR) is 191 cm³/mol. The molecule has 0 saturated carbocycles. The topological polar surface area (TPSA) is 38.0 Å². The molecule has 0 bridgehead atoms. The van der Waals surface area contributed by atoms with E-state index in [-0.39, 0.29) is 0 Å². The van der Waals surface area contributed by atoms with Crippen LogP contribution in [-0.2, 0) is 6.42 Å². The van der Waals surface area contributed by atoms with E-state index in [1.807, 2.05) is 15.7 Å². The second-order valence-corrected chi connectivity index (χ2v) is 11.3. The van der Waals surface area contributed by atoms with Crippen LogP contribution in [0.2, 0.25) is 0 Å². The summed E-state index contributed by atoms with van der Waals surface area (Å²) in [6, 6.07) is 34.6. The van der Waals surface area contributed by atoms with Crippen molar-refractivity contribution in [1.82, 2.24) is 9.55 Å². The van der Waals surface area contributed by atoms with Crippen molar-refractivity contribution in [2.45, 2.75) is 13.3 Å². The van der Waals surface area contributed by atoms with Gasteiger partial charge in [-0.2, -0.15) is 0 Å². The highest BCUT2D eigenvalue weighted by Gasteiger charge is 2.23. The molecule has 42 heavy (non-hydrogen) atoms. The Bertz CT molecular complexity index is 2120. The van der Waals surface area contributed by atoms with Crippen molar-refractivity contribution in [3.63, 3.8) is 0 Å². The lowest BCUT2D eigenvalue weighted by atomic mass is 9.64. The average molecular weight is 538 g/mol. The maximum absolute atomic E-state index is 11.1. The largest absolute Gasteiger partial charge is 0.509 e. The molecule has 7 aromatic rings. The minimum absolute atomic E-state index is 0.382. The summed E-state index contributed by atoms with van der Waals surface area (Å²) in [7, 11) is 8.33. The third-order valence-corrected chi connectivity index (χ3v) is 9.12. The maximum atomic E-state index is 11.1. The smallest absolute Gasteiger partial charge is 0.144 e. The molecule has 0 amide bonds. The van der Waals surface area contributed by atoms with Gasteiger partial charge in [-0.05, 0) is 50.6 Å². The number of aryl methyl sites for hydroxylation is 1. The van der Waals surface area contributed by atoms with Crippen LogP contribution < -0.4 is 21.9 Å². The maximum Gasteiger partial charge on any atom is 0.144 e. The van der Waals surface area contributed by atoms with Crippen molar-refractivity contribution in [2.24, 2.45) is 0 Å². The summed E-state index contributed by atoms with van der Waals surface area (Å²) in [6.45, 7) is 2.18. The summed E-state index contributed by atoms with van der Waals surface area (Å²) in [5.74, 6) is 1.43. The fourth-order valence-corrected chi connectivity index (χ4v) is 6.85. The van der Waals surface area contributed by atoms with E-state index in [2.05, 4.69) is 124 Å². The van der Waals surface area contributed by atoms with Gasteiger partial charge in [0.1, 0.15) is 43.0 Å². The molecular weight excluding hydrogens is 508 g/mol. The normalized spacial score (nSPS) is 11.5. The Morgan fingerprint density at radius 3 is 1.74 bits per heavy atom. The molecule has 1 aromatic heterocycles. The van der Waals surface area contributed by atoms with E-state index in [0.717, 1.165) is 56.4 Å². The number of aromatic hydroxyl groups is 1. The lowest BCUT2D eigenvalue weighted by Crippen LogP contribution is -2.44. The molecule has 6 aromatic carbocycles. The zero-order valence-electron chi connectivity index (χ0n) is 24.8. The van der Waals surface area contributed by atoms with Crippen LogP contribution in [0.25, 0.3) is 60.5 Å². The summed E-state index contributed by atoms with van der Waals surface area (Å²) < 4.78 is 2.37. The second kappa shape index (κ2) is 10.0. The number of imidazole rings is 1. The highest BCUT2D eigenvalue weighted by molar-refractivity contribution is 6.62. The van der Waals surface area contributed by atoms with Gasteiger partial charge in [0, 0.05) is 17.2 Å². The van der Waals surface area contributed by atoms with E-state index in [4.69, 9.17) is 4.98 Å². The van der Waals surface area contributed by atoms with Gasteiger partial charge in [0.15, 0.2) is 0 Å². The van der Waals surface area contributed by atoms with Crippen LogP contribution in [0.1, 0.15) is 12.7 Å². The van der Waals surface area contributed by atoms with E-state index in [1.54, 1.807) is 0 Å². The molecule has 0 aliphatic heterocycles. The number of hydrogen-bond acceptors (Lipinski definition) is 2. The summed E-state index contributed by atoms with van der Waals surface area (Å²) in [5.41, 5.74) is 12.1. The number of benzene rings is 6. The molecule has 7 rings (SSSR count). The number of fused-ring (bicyclic) bond motifs is 3. The minimum atomic E-state index is 0.382. The van der Waals surface area contributed by atoms with Gasteiger partial charge in [0.05, 0.1) is 16.7 Å². The van der Waals surface area contributed by atoms with Crippen LogP contribution in [0.3, 0.4) is 0 Å². The molecule has 198 valence electrons. The quantitative estimate of drug-likeness (QED) is 0.275. The Labute approximate surface area is 249 Å². The first-order valence-corrected chi connectivity index (χ1v) is 14.7. The molecular formula is C35H30B4N2O. The summed E-state index contributed by atoms with van der Waals surface area (Å²) >= 11 is 0. The number of para-hydroxylation sites is 2. The molecule has 0 atom stereocenters. The SMILES string of the molecule is Bc1c(B)c(O)c(B)c(-c2ccccc2-c2c3ccccc3c(-n3c(CC)nc4ccccc43)c3ccccc23)c1B. The van der Waals surface area contributed by atoms with Gasteiger partial charge < -0.3 is 5.11 Å². The Hall–Kier alpha value is -4.63. The van der Waals surface area contributed by atoms with E-state index in [9.17, 15) is 5.11 Å². The predicted octanol–water partition coefficient (Wildman–Crippen LogP) is 1.97. The van der Waals surface area contributed by atoms with Crippen molar-refractivity contribution in [2.75, 3.05) is 0 Å². The van der Waals surface area contributed by atoms with Crippen LogP contribution in [-0.4, -0.2) is 46.0 Å². The molecule has 7 heteroatoms. The highest BCUT2D eigenvalue weighted by Crippen LogP contribution is 2.44. The van der Waals surface area contributed by atoms with Crippen molar-refractivity contribution in [1.29, 1.82) is 0 Å². The summed E-state index contributed by atoms with van der Waals surface area (Å²) in [4.78, 5) is 5.04. The minimum Gasteiger partial charge on any atom is -0.509 e. The first-order valence-electron chi connectivity index (χ1n) is 14.7. The molecule has 1 heterocycles. The molecule has 1 N–H and O–H groups in total. The number of nitrogens with zero attached hydrogens (tertiary/aromatic N) is 2. The number of hydrogen-bond donors (Lipinski definition) is 1. The zero-order valence-corrected chi connectivity index (χ0v) is 24.8. The van der Waals surface area contributed by atoms with E-state index in [1.165, 1.54) is 38.3 Å². The summed E-state index contributed by atoms with van der Waals surface area (Å²) in [6.07, 6.45) is 0.830. The monoisotopic (exact) mass is 538 g/mol. The van der Waals surface area contributed by atoms with Crippen molar-refractivity contribution >= 4 is 85.8 Å². The van der Waals surface area contributed by atoms with Crippen LogP contribution in [0.5, 0.6) is 5.75 Å². The molecule has 3 nitrogen and oxygen atoms in total. The van der Waals surface area contributed by atoms with Gasteiger partial charge in [-0.15, -0.1) is 0 Å². The van der Waals surface area contributed by atoms with Gasteiger partial charge in [-0.3, -0.25) is 4.57 Å². The van der Waals surface area contributed by atoms with Crippen LogP contribution in [0, 0.1) is 0 Å². The molecule has 0 aliphatic carbocycles. The third-order valence-electron chi connectivity index (χ3n) is 9.12. The zero-order chi connectivity index (χ0) is 29.1. The second-order valence-electron chi connectivity index (χ2n) is 11.3. The number of phenols is 1. The number of phenolic OH excluding ortho intramolecular Hbond substituents is 1. The molecule has 0 saturated heterocycles. The van der Waals surface area contributed by atoms with E-state index < -0.39 is 0 Å². The fraction of sp³-hybridized carbons (Fsp3) is 0.0571.